The van der Waals surface area contributed by atoms with Gasteiger partial charge in [0.1, 0.15) is 19.3 Å². The van der Waals surface area contributed by atoms with Gasteiger partial charge in [0.15, 0.2) is 12.2 Å². The number of aliphatic hydroxyl groups excluding tert-OH is 1. The van der Waals surface area contributed by atoms with Crippen LogP contribution in [-0.2, 0) is 65.4 Å². The van der Waals surface area contributed by atoms with Gasteiger partial charge in [-0.1, -0.05) is 280 Å². The number of phosphoric ester groups is 2. The lowest BCUT2D eigenvalue weighted by Crippen LogP contribution is -2.30. The first-order valence-electron chi connectivity index (χ1n) is 35.2. The van der Waals surface area contributed by atoms with Crippen molar-refractivity contribution < 1.29 is 80.2 Å². The summed E-state index contributed by atoms with van der Waals surface area (Å²) in [6.45, 7) is 14.0. The number of rotatable bonds is 65. The topological polar surface area (TPSA) is 237 Å². The molecule has 0 aromatic rings. The predicted molar refractivity (Wildman–Crippen MR) is 349 cm³/mol. The van der Waals surface area contributed by atoms with Crippen LogP contribution in [0.15, 0.2) is 0 Å². The summed E-state index contributed by atoms with van der Waals surface area (Å²) in [7, 11) is -9.90. The fourth-order valence-electron chi connectivity index (χ4n) is 10.1. The maximum absolute atomic E-state index is 13.0. The molecule has 0 spiro atoms. The van der Waals surface area contributed by atoms with Crippen molar-refractivity contribution in [3.05, 3.63) is 0 Å². The standard InChI is InChI=1S/C68H132O17P2/c1-9-61(8)47-39-31-22-15-11-13-17-25-34-42-50-67(72)84-63(54-78-65(70)48-40-32-23-16-12-10-14-20-28-36-44-58(2)3)56-82-86(74,75)80-52-62(69)53-81-87(76,77)83-57-64(85-68(73)51-43-35-27-26-30-38-46-60(6)7)55-79-66(71)49-41-33-24-19-18-21-29-37-45-59(4)5/h58-64,69H,9-57H2,1-8H3,(H,74,75)(H,76,77)/t61?,62?,63-,64-/m1/s1. The highest BCUT2D eigenvalue weighted by molar-refractivity contribution is 7.47. The number of carbonyl (C=O) groups is 4. The van der Waals surface area contributed by atoms with Crippen LogP contribution in [0.4, 0.5) is 0 Å². The molecular weight excluding hydrogens is 1150 g/mol. The Kier molecular flexibility index (Phi) is 56.6. The first kappa shape index (κ1) is 85.1. The van der Waals surface area contributed by atoms with E-state index in [1.165, 1.54) is 135 Å². The third-order valence-corrected chi connectivity index (χ3v) is 17.8. The number of hydrogen-bond donors (Lipinski definition) is 3. The van der Waals surface area contributed by atoms with Gasteiger partial charge in [0.05, 0.1) is 26.4 Å². The number of aliphatic hydroxyl groups is 1. The van der Waals surface area contributed by atoms with Crippen LogP contribution in [0.2, 0.25) is 0 Å². The lowest BCUT2D eigenvalue weighted by molar-refractivity contribution is -0.161. The second kappa shape index (κ2) is 57.9. The molecule has 19 heteroatoms. The SMILES string of the molecule is CCC(C)CCCCCCCCCCCCC(=O)O[C@H](COC(=O)CCCCCCCCCCCCC(C)C)COP(=O)(O)OCC(O)COP(=O)(O)OC[C@@H](COC(=O)CCCCCCCCCCC(C)C)OC(=O)CCCCCCCCC(C)C. The zero-order valence-corrected chi connectivity index (χ0v) is 58.4. The van der Waals surface area contributed by atoms with Crippen LogP contribution in [0.1, 0.15) is 331 Å². The first-order chi connectivity index (χ1) is 41.6. The molecule has 87 heavy (non-hydrogen) atoms. The van der Waals surface area contributed by atoms with Gasteiger partial charge >= 0.3 is 39.5 Å². The second-order valence-corrected chi connectivity index (χ2v) is 29.1. The maximum Gasteiger partial charge on any atom is 0.472 e. The van der Waals surface area contributed by atoms with E-state index in [2.05, 4.69) is 55.4 Å². The monoisotopic (exact) mass is 1280 g/mol. The van der Waals surface area contributed by atoms with Crippen LogP contribution in [0.25, 0.3) is 0 Å². The lowest BCUT2D eigenvalue weighted by Gasteiger charge is -2.21. The van der Waals surface area contributed by atoms with E-state index in [1.54, 1.807) is 0 Å². The zero-order valence-electron chi connectivity index (χ0n) is 56.6. The predicted octanol–water partition coefficient (Wildman–Crippen LogP) is 18.9. The summed E-state index contributed by atoms with van der Waals surface area (Å²) in [4.78, 5) is 72.4. The average Bonchev–Trinajstić information content (AvgIpc) is 3.68. The summed E-state index contributed by atoms with van der Waals surface area (Å²) in [6.07, 6.45) is 39.0. The summed E-state index contributed by atoms with van der Waals surface area (Å²) in [5.74, 6) is 0.821. The molecule has 0 bridgehead atoms. The first-order valence-corrected chi connectivity index (χ1v) is 38.2. The molecule has 6 atom stereocenters. The van der Waals surface area contributed by atoms with Gasteiger partial charge in [0, 0.05) is 25.7 Å². The van der Waals surface area contributed by atoms with Gasteiger partial charge in [-0.3, -0.25) is 37.3 Å². The van der Waals surface area contributed by atoms with Crippen LogP contribution in [0.5, 0.6) is 0 Å². The number of carbonyl (C=O) groups excluding carboxylic acids is 4. The van der Waals surface area contributed by atoms with Crippen molar-refractivity contribution in [2.75, 3.05) is 39.6 Å². The van der Waals surface area contributed by atoms with Crippen molar-refractivity contribution in [2.45, 2.75) is 350 Å². The molecule has 17 nitrogen and oxygen atoms in total. The highest BCUT2D eigenvalue weighted by Crippen LogP contribution is 2.45. The Morgan fingerprint density at radius 3 is 0.816 bits per heavy atom. The minimum Gasteiger partial charge on any atom is -0.462 e. The minimum absolute atomic E-state index is 0.101. The molecule has 0 aromatic heterocycles. The van der Waals surface area contributed by atoms with Crippen LogP contribution >= 0.6 is 15.6 Å². The van der Waals surface area contributed by atoms with Gasteiger partial charge in [-0.25, -0.2) is 9.13 Å². The third-order valence-electron chi connectivity index (χ3n) is 15.9. The number of esters is 4. The van der Waals surface area contributed by atoms with E-state index in [-0.39, 0.29) is 25.7 Å². The van der Waals surface area contributed by atoms with Gasteiger partial charge in [0.2, 0.25) is 0 Å². The van der Waals surface area contributed by atoms with E-state index in [0.717, 1.165) is 108 Å². The second-order valence-electron chi connectivity index (χ2n) is 26.2. The minimum atomic E-state index is -4.95. The van der Waals surface area contributed by atoms with Crippen molar-refractivity contribution in [3.63, 3.8) is 0 Å². The molecule has 0 radical (unpaired) electrons. The Hall–Kier alpha value is -1.94. The summed E-state index contributed by atoms with van der Waals surface area (Å²) in [5.41, 5.74) is 0. The highest BCUT2D eigenvalue weighted by Gasteiger charge is 2.30. The largest absolute Gasteiger partial charge is 0.472 e. The van der Waals surface area contributed by atoms with E-state index in [1.807, 2.05) is 0 Å². The van der Waals surface area contributed by atoms with E-state index < -0.39 is 97.5 Å². The van der Waals surface area contributed by atoms with Gasteiger partial charge in [-0.15, -0.1) is 0 Å². The van der Waals surface area contributed by atoms with E-state index in [4.69, 9.17) is 37.0 Å². The van der Waals surface area contributed by atoms with Crippen molar-refractivity contribution in [3.8, 4) is 0 Å². The number of hydrogen-bond acceptors (Lipinski definition) is 15. The molecule has 516 valence electrons. The molecule has 0 fully saturated rings. The molecule has 0 aliphatic heterocycles. The fourth-order valence-corrected chi connectivity index (χ4v) is 11.7. The van der Waals surface area contributed by atoms with Crippen molar-refractivity contribution in [2.24, 2.45) is 23.7 Å². The van der Waals surface area contributed by atoms with Crippen molar-refractivity contribution in [1.82, 2.24) is 0 Å². The molecule has 0 aliphatic carbocycles. The molecular formula is C68H132O17P2. The van der Waals surface area contributed by atoms with Gasteiger partial charge in [-0.2, -0.15) is 0 Å². The average molecular weight is 1280 g/mol. The fraction of sp³-hybridized carbons (Fsp3) is 0.941. The molecule has 0 amide bonds. The van der Waals surface area contributed by atoms with E-state index >= 15 is 0 Å². The quantitative estimate of drug-likeness (QED) is 0.0222. The molecule has 3 N–H and O–H groups in total. The van der Waals surface area contributed by atoms with Crippen LogP contribution in [0, 0.1) is 23.7 Å². The Morgan fingerprint density at radius 1 is 0.322 bits per heavy atom. The van der Waals surface area contributed by atoms with Crippen LogP contribution < -0.4 is 0 Å². The molecule has 0 saturated carbocycles. The van der Waals surface area contributed by atoms with Gasteiger partial charge in [-0.05, 0) is 49.4 Å². The number of unbranched alkanes of at least 4 members (excludes halogenated alkanes) is 30. The highest BCUT2D eigenvalue weighted by atomic mass is 31.2. The lowest BCUT2D eigenvalue weighted by atomic mass is 9.99. The Labute approximate surface area is 530 Å². The summed E-state index contributed by atoms with van der Waals surface area (Å²) in [6, 6.07) is 0. The van der Waals surface area contributed by atoms with Crippen molar-refractivity contribution in [1.29, 1.82) is 0 Å². The Morgan fingerprint density at radius 2 is 0.552 bits per heavy atom. The summed E-state index contributed by atoms with van der Waals surface area (Å²) >= 11 is 0. The zero-order chi connectivity index (χ0) is 64.7. The number of ether oxygens (including phenoxy) is 4. The summed E-state index contributed by atoms with van der Waals surface area (Å²) in [5, 5.41) is 10.6. The van der Waals surface area contributed by atoms with E-state index in [0.29, 0.717) is 31.6 Å². The molecule has 4 unspecified atom stereocenters. The maximum atomic E-state index is 13.0. The van der Waals surface area contributed by atoms with Gasteiger partial charge in [0.25, 0.3) is 0 Å². The van der Waals surface area contributed by atoms with Crippen LogP contribution in [-0.4, -0.2) is 96.7 Å². The van der Waals surface area contributed by atoms with Crippen molar-refractivity contribution >= 4 is 39.5 Å². The summed E-state index contributed by atoms with van der Waals surface area (Å²) < 4.78 is 68.2. The number of phosphoric acid groups is 2. The third kappa shape index (κ3) is 61.3. The molecule has 0 aliphatic rings. The Bertz CT molecular complexity index is 1730. The van der Waals surface area contributed by atoms with E-state index in [9.17, 15) is 43.2 Å². The smallest absolute Gasteiger partial charge is 0.462 e. The molecule has 0 aromatic carbocycles. The Balaban J connectivity index is 5.25. The normalized spacial score (nSPS) is 14.6. The van der Waals surface area contributed by atoms with Crippen LogP contribution in [0.3, 0.4) is 0 Å². The van der Waals surface area contributed by atoms with Gasteiger partial charge < -0.3 is 33.8 Å². The molecule has 0 saturated heterocycles. The molecule has 0 rings (SSSR count). The molecule has 0 heterocycles.